The van der Waals surface area contributed by atoms with E-state index in [1.807, 2.05) is 0 Å². The van der Waals surface area contributed by atoms with Gasteiger partial charge in [-0.3, -0.25) is 14.4 Å². The van der Waals surface area contributed by atoms with Gasteiger partial charge in [0.1, 0.15) is 18.8 Å². The molecule has 0 bridgehead atoms. The van der Waals surface area contributed by atoms with E-state index in [2.05, 4.69) is 45.1 Å². The smallest absolute Gasteiger partial charge is 0.335 e. The molecule has 0 spiro atoms. The standard InChI is InChI=1S/C63H114O12/c1-4-7-10-13-16-19-22-24-26-28-30-32-35-37-40-43-46-49-55(64)71-52-54(73-56(65)50-47-44-41-38-34-21-18-15-12-9-6-3)53-72-63-61(59(68)58(67)60(75-63)62(69)70)74-57(66)51-48-45-42-39-36-33-31-29-27-25-23-20-17-14-11-8-5-2/h16,19,24,26,54,58-61,63,67-68H,4-15,17-18,20-23,25,27-53H2,1-3H3,(H,69,70)/b19-16-,26-24-. The molecule has 3 N–H and O–H groups in total. The van der Waals surface area contributed by atoms with E-state index in [0.29, 0.717) is 19.3 Å². The number of carbonyl (C=O) groups excluding carboxylic acids is 3. The second kappa shape index (κ2) is 51.9. The maximum absolute atomic E-state index is 13.1. The Morgan fingerprint density at radius 3 is 1.23 bits per heavy atom. The van der Waals surface area contributed by atoms with Gasteiger partial charge in [-0.25, -0.2) is 4.79 Å². The van der Waals surface area contributed by atoms with E-state index >= 15 is 0 Å². The fourth-order valence-corrected chi connectivity index (χ4v) is 9.69. The maximum Gasteiger partial charge on any atom is 0.335 e. The lowest BCUT2D eigenvalue weighted by Crippen LogP contribution is -2.61. The van der Waals surface area contributed by atoms with Gasteiger partial charge in [-0.15, -0.1) is 0 Å². The number of hydrogen-bond acceptors (Lipinski definition) is 11. The number of rotatable bonds is 54. The summed E-state index contributed by atoms with van der Waals surface area (Å²) in [6, 6.07) is 0. The van der Waals surface area contributed by atoms with Crippen LogP contribution in [0.4, 0.5) is 0 Å². The Hall–Kier alpha value is -2.80. The third-order valence-corrected chi connectivity index (χ3v) is 14.5. The fourth-order valence-electron chi connectivity index (χ4n) is 9.69. The highest BCUT2D eigenvalue weighted by Crippen LogP contribution is 2.27. The molecule has 0 saturated carbocycles. The highest BCUT2D eigenvalue weighted by atomic mass is 16.7. The van der Waals surface area contributed by atoms with Crippen LogP contribution < -0.4 is 0 Å². The highest BCUT2D eigenvalue weighted by molar-refractivity contribution is 5.74. The number of hydrogen-bond donors (Lipinski definition) is 3. The van der Waals surface area contributed by atoms with Crippen molar-refractivity contribution in [3.63, 3.8) is 0 Å². The lowest BCUT2D eigenvalue weighted by molar-refractivity contribution is -0.301. The van der Waals surface area contributed by atoms with Crippen molar-refractivity contribution in [3.8, 4) is 0 Å². The number of aliphatic hydroxyl groups excluding tert-OH is 2. The molecule has 12 heteroatoms. The lowest BCUT2D eigenvalue weighted by Gasteiger charge is -2.40. The lowest BCUT2D eigenvalue weighted by atomic mass is 9.98. The quantitative estimate of drug-likeness (QED) is 0.0228. The Labute approximate surface area is 458 Å². The van der Waals surface area contributed by atoms with Gasteiger partial charge in [0.2, 0.25) is 0 Å². The average molecular weight is 1060 g/mol. The summed E-state index contributed by atoms with van der Waals surface area (Å²) in [6.45, 7) is 5.99. The molecule has 1 aliphatic rings. The van der Waals surface area contributed by atoms with Crippen molar-refractivity contribution in [2.24, 2.45) is 0 Å². The van der Waals surface area contributed by atoms with Crippen LogP contribution >= 0.6 is 0 Å². The van der Waals surface area contributed by atoms with E-state index < -0.39 is 67.3 Å². The molecule has 12 nitrogen and oxygen atoms in total. The van der Waals surface area contributed by atoms with E-state index in [1.165, 1.54) is 167 Å². The Kier molecular flexibility index (Phi) is 48.6. The van der Waals surface area contributed by atoms with Crippen molar-refractivity contribution in [2.45, 2.75) is 340 Å². The topological polar surface area (TPSA) is 175 Å². The zero-order valence-electron chi connectivity index (χ0n) is 48.3. The van der Waals surface area contributed by atoms with Gasteiger partial charge in [0, 0.05) is 19.3 Å². The summed E-state index contributed by atoms with van der Waals surface area (Å²) in [6.07, 6.45) is 47.1. The summed E-state index contributed by atoms with van der Waals surface area (Å²) in [7, 11) is 0. The number of allylic oxidation sites excluding steroid dienone is 4. The number of ether oxygens (including phenoxy) is 5. The van der Waals surface area contributed by atoms with Crippen LogP contribution in [0.5, 0.6) is 0 Å². The van der Waals surface area contributed by atoms with Crippen LogP contribution in [0.1, 0.15) is 303 Å². The molecule has 0 aromatic carbocycles. The first-order chi connectivity index (χ1) is 36.6. The van der Waals surface area contributed by atoms with Crippen LogP contribution in [-0.2, 0) is 42.9 Å². The average Bonchev–Trinajstić information content (AvgIpc) is 3.39. The summed E-state index contributed by atoms with van der Waals surface area (Å²) < 4.78 is 28.5. The zero-order valence-corrected chi connectivity index (χ0v) is 48.3. The molecule has 1 aliphatic heterocycles. The molecule has 1 fully saturated rings. The van der Waals surface area contributed by atoms with Crippen molar-refractivity contribution in [2.75, 3.05) is 13.2 Å². The molecule has 438 valence electrons. The SMILES string of the molecule is CCCCC/C=C\C/C=C\CCCCCCCCCC(=O)OCC(COC1OC(C(=O)O)C(O)C(O)C1OC(=O)CCCCCCCCCCCCCCCCCCC)OC(=O)CCCCCCCCCCCCC. The molecule has 0 aliphatic carbocycles. The van der Waals surface area contributed by atoms with Crippen molar-refractivity contribution in [1.29, 1.82) is 0 Å². The van der Waals surface area contributed by atoms with Gasteiger partial charge in [-0.05, 0) is 51.4 Å². The van der Waals surface area contributed by atoms with E-state index in [1.54, 1.807) is 0 Å². The van der Waals surface area contributed by atoms with Crippen molar-refractivity contribution >= 4 is 23.9 Å². The van der Waals surface area contributed by atoms with Crippen molar-refractivity contribution in [1.82, 2.24) is 0 Å². The Bertz CT molecular complexity index is 1400. The van der Waals surface area contributed by atoms with Gasteiger partial charge < -0.3 is 39.0 Å². The van der Waals surface area contributed by atoms with E-state index in [9.17, 15) is 34.5 Å². The van der Waals surface area contributed by atoms with Crippen LogP contribution in [0.3, 0.4) is 0 Å². The monoisotopic (exact) mass is 1060 g/mol. The Morgan fingerprint density at radius 2 is 0.800 bits per heavy atom. The first-order valence-corrected chi connectivity index (χ1v) is 31.3. The van der Waals surface area contributed by atoms with E-state index in [4.69, 9.17) is 23.7 Å². The van der Waals surface area contributed by atoms with Crippen LogP contribution in [0.15, 0.2) is 24.3 Å². The molecule has 1 heterocycles. The number of carboxylic acids is 1. The summed E-state index contributed by atoms with van der Waals surface area (Å²) in [5.74, 6) is -3.09. The maximum atomic E-state index is 13.1. The number of carbonyl (C=O) groups is 4. The number of aliphatic carboxylic acids is 1. The minimum Gasteiger partial charge on any atom is -0.479 e. The number of carboxylic acid groups (broad SMARTS) is 1. The second-order valence-electron chi connectivity index (χ2n) is 21.7. The first kappa shape index (κ1) is 70.2. The molecule has 1 rings (SSSR count). The molecular formula is C63H114O12. The van der Waals surface area contributed by atoms with Gasteiger partial charge >= 0.3 is 23.9 Å². The molecular weight excluding hydrogens is 949 g/mol. The predicted molar refractivity (Wildman–Crippen MR) is 303 cm³/mol. The van der Waals surface area contributed by atoms with Crippen LogP contribution in [-0.4, -0.2) is 89.2 Å². The minimum atomic E-state index is -1.90. The van der Waals surface area contributed by atoms with Gasteiger partial charge in [0.15, 0.2) is 24.6 Å². The molecule has 0 aromatic heterocycles. The minimum absolute atomic E-state index is 0.0673. The highest BCUT2D eigenvalue weighted by Gasteiger charge is 2.50. The van der Waals surface area contributed by atoms with Gasteiger partial charge in [0.05, 0.1) is 6.61 Å². The zero-order chi connectivity index (χ0) is 54.7. The first-order valence-electron chi connectivity index (χ1n) is 31.3. The Morgan fingerprint density at radius 1 is 0.440 bits per heavy atom. The van der Waals surface area contributed by atoms with E-state index in [0.717, 1.165) is 77.0 Å². The van der Waals surface area contributed by atoms with Gasteiger partial charge in [0.25, 0.3) is 0 Å². The summed E-state index contributed by atoms with van der Waals surface area (Å²) >= 11 is 0. The summed E-state index contributed by atoms with van der Waals surface area (Å²) in [5, 5.41) is 31.5. The third-order valence-electron chi connectivity index (χ3n) is 14.5. The largest absolute Gasteiger partial charge is 0.479 e. The molecule has 1 saturated heterocycles. The predicted octanol–water partition coefficient (Wildman–Crippen LogP) is 16.2. The third kappa shape index (κ3) is 41.9. The fraction of sp³-hybridized carbons (Fsp3) is 0.873. The van der Waals surface area contributed by atoms with Crippen LogP contribution in [0, 0.1) is 0 Å². The molecule has 0 aromatic rings. The van der Waals surface area contributed by atoms with Crippen LogP contribution in [0.25, 0.3) is 0 Å². The molecule has 75 heavy (non-hydrogen) atoms. The normalized spacial score (nSPS) is 18.2. The molecule has 6 unspecified atom stereocenters. The van der Waals surface area contributed by atoms with Gasteiger partial charge in [-0.2, -0.15) is 0 Å². The number of unbranched alkanes of at least 4 members (excludes halogenated alkanes) is 36. The molecule has 0 amide bonds. The summed E-state index contributed by atoms with van der Waals surface area (Å²) in [4.78, 5) is 51.1. The van der Waals surface area contributed by atoms with Crippen molar-refractivity contribution < 1.29 is 58.2 Å². The Balaban J connectivity index is 2.63. The molecule has 6 atom stereocenters. The summed E-state index contributed by atoms with van der Waals surface area (Å²) in [5.41, 5.74) is 0. The molecule has 0 radical (unpaired) electrons. The second-order valence-corrected chi connectivity index (χ2v) is 21.7. The van der Waals surface area contributed by atoms with Gasteiger partial charge in [-0.1, -0.05) is 257 Å². The van der Waals surface area contributed by atoms with E-state index in [-0.39, 0.29) is 25.9 Å². The number of esters is 3. The van der Waals surface area contributed by atoms with Crippen LogP contribution in [0.2, 0.25) is 0 Å². The number of aliphatic hydroxyl groups is 2. The van der Waals surface area contributed by atoms with Crippen molar-refractivity contribution in [3.05, 3.63) is 24.3 Å².